The number of aromatic nitrogens is 4. The molecule has 1 aliphatic heterocycles. The molecule has 1 fully saturated rings. The monoisotopic (exact) mass is 526 g/mol. The van der Waals surface area contributed by atoms with Crippen molar-refractivity contribution in [2.45, 2.75) is 45.3 Å². The topological polar surface area (TPSA) is 83.9 Å². The molecule has 0 bridgehead atoms. The smallest absolute Gasteiger partial charge is 0.352 e. The molecule has 1 aliphatic rings. The molecule has 2 atom stereocenters. The molecule has 1 saturated heterocycles. The first-order valence-corrected chi connectivity index (χ1v) is 11.9. The zero-order valence-corrected chi connectivity index (χ0v) is 20.4. The van der Waals surface area contributed by atoms with Crippen LogP contribution in [0.3, 0.4) is 0 Å². The zero-order chi connectivity index (χ0) is 26.3. The van der Waals surface area contributed by atoms with Gasteiger partial charge in [0.25, 0.3) is 11.8 Å². The Labute approximate surface area is 207 Å². The highest BCUT2D eigenvalue weighted by molar-refractivity contribution is 7.15. The van der Waals surface area contributed by atoms with Crippen molar-refractivity contribution in [1.29, 1.82) is 0 Å². The number of aryl methyl sites for hydroxylation is 2. The normalized spacial score (nSPS) is 19.8. The summed E-state index contributed by atoms with van der Waals surface area (Å²) in [5, 5.41) is 3.38. The lowest BCUT2D eigenvalue weighted by atomic mass is 9.88. The van der Waals surface area contributed by atoms with Crippen molar-refractivity contribution in [3.63, 3.8) is 0 Å². The third-order valence-electron chi connectivity index (χ3n) is 5.95. The van der Waals surface area contributed by atoms with E-state index in [9.17, 15) is 26.7 Å². The first kappa shape index (κ1) is 25.9. The van der Waals surface area contributed by atoms with Crippen LogP contribution in [-0.2, 0) is 6.18 Å². The van der Waals surface area contributed by atoms with Gasteiger partial charge in [-0.3, -0.25) is 9.78 Å². The Morgan fingerprint density at radius 3 is 2.56 bits per heavy atom. The van der Waals surface area contributed by atoms with Gasteiger partial charge in [-0.05, 0) is 31.4 Å². The van der Waals surface area contributed by atoms with Crippen LogP contribution >= 0.6 is 11.3 Å². The van der Waals surface area contributed by atoms with Crippen molar-refractivity contribution in [2.75, 3.05) is 18.4 Å². The predicted octanol–water partition coefficient (Wildman–Crippen LogP) is 5.23. The fraction of sp³-hybridized carbons (Fsp3) is 0.435. The number of amides is 1. The fourth-order valence-corrected chi connectivity index (χ4v) is 5.20. The minimum absolute atomic E-state index is 0.0323. The number of anilines is 1. The van der Waals surface area contributed by atoms with Gasteiger partial charge in [0.2, 0.25) is 5.95 Å². The number of halogens is 5. The van der Waals surface area contributed by atoms with Crippen LogP contribution < -0.4 is 5.32 Å². The third kappa shape index (κ3) is 5.45. The Morgan fingerprint density at radius 1 is 1.22 bits per heavy atom. The maximum Gasteiger partial charge on any atom is 0.419 e. The highest BCUT2D eigenvalue weighted by Gasteiger charge is 2.47. The molecule has 0 saturated carbocycles. The number of nitrogens with zero attached hydrogens (tertiary/aromatic N) is 5. The lowest BCUT2D eigenvalue weighted by molar-refractivity contribution is -0.138. The van der Waals surface area contributed by atoms with Crippen molar-refractivity contribution < 1.29 is 26.7 Å². The summed E-state index contributed by atoms with van der Waals surface area (Å²) in [5.74, 6) is -4.50. The van der Waals surface area contributed by atoms with Gasteiger partial charge in [0.1, 0.15) is 5.69 Å². The van der Waals surface area contributed by atoms with Crippen LogP contribution in [0.2, 0.25) is 0 Å². The van der Waals surface area contributed by atoms with E-state index in [0.717, 1.165) is 10.5 Å². The minimum Gasteiger partial charge on any atom is -0.352 e. The number of carbonyl (C=O) groups is 1. The molecule has 4 heterocycles. The number of pyridine rings is 1. The Bertz CT molecular complexity index is 1250. The Kier molecular flexibility index (Phi) is 6.95. The van der Waals surface area contributed by atoms with Crippen LogP contribution in [0.15, 0.2) is 30.7 Å². The van der Waals surface area contributed by atoms with E-state index < -0.39 is 48.5 Å². The highest BCUT2D eigenvalue weighted by atomic mass is 32.1. The summed E-state index contributed by atoms with van der Waals surface area (Å²) in [4.78, 5) is 31.3. The van der Waals surface area contributed by atoms with Gasteiger partial charge < -0.3 is 10.2 Å². The van der Waals surface area contributed by atoms with Crippen LogP contribution in [0.5, 0.6) is 0 Å². The van der Waals surface area contributed by atoms with Gasteiger partial charge >= 0.3 is 6.18 Å². The Hall–Kier alpha value is -3.22. The summed E-state index contributed by atoms with van der Waals surface area (Å²) >= 11 is 1.25. The SMILES string of the molecule is Cc1nc(C(=O)N2CC(F)(F)CC(C)C2CNc2ncc(C(F)(F)F)cn2)c(-c2ncccc2C)s1. The summed E-state index contributed by atoms with van der Waals surface area (Å²) < 4.78 is 67.5. The van der Waals surface area contributed by atoms with E-state index in [1.807, 2.05) is 13.0 Å². The molecule has 3 aromatic rings. The molecule has 1 amide bonds. The van der Waals surface area contributed by atoms with E-state index in [4.69, 9.17) is 0 Å². The van der Waals surface area contributed by atoms with Gasteiger partial charge in [0.05, 0.1) is 33.7 Å². The number of hydrogen-bond donors (Lipinski definition) is 1. The van der Waals surface area contributed by atoms with Crippen LogP contribution in [0, 0.1) is 19.8 Å². The molecule has 36 heavy (non-hydrogen) atoms. The van der Waals surface area contributed by atoms with Gasteiger partial charge in [-0.25, -0.2) is 23.7 Å². The molecule has 0 spiro atoms. The summed E-state index contributed by atoms with van der Waals surface area (Å²) in [6.07, 6.45) is -2.17. The molecular weight excluding hydrogens is 503 g/mol. The van der Waals surface area contributed by atoms with Crippen LogP contribution in [0.25, 0.3) is 10.6 Å². The molecule has 0 radical (unpaired) electrons. The molecule has 192 valence electrons. The molecule has 2 unspecified atom stereocenters. The van der Waals surface area contributed by atoms with Crippen LogP contribution in [0.4, 0.5) is 27.9 Å². The van der Waals surface area contributed by atoms with E-state index in [1.54, 1.807) is 26.1 Å². The van der Waals surface area contributed by atoms with E-state index in [-0.39, 0.29) is 18.2 Å². The Morgan fingerprint density at radius 2 is 1.92 bits per heavy atom. The van der Waals surface area contributed by atoms with Crippen molar-refractivity contribution in [3.05, 3.63) is 52.6 Å². The largest absolute Gasteiger partial charge is 0.419 e. The third-order valence-corrected chi connectivity index (χ3v) is 6.93. The number of nitrogens with one attached hydrogen (secondary N) is 1. The number of alkyl halides is 5. The zero-order valence-electron chi connectivity index (χ0n) is 19.6. The van der Waals surface area contributed by atoms with E-state index in [1.165, 1.54) is 11.3 Å². The second-order valence-electron chi connectivity index (χ2n) is 8.79. The number of rotatable bonds is 5. The lowest BCUT2D eigenvalue weighted by Crippen LogP contribution is -2.57. The maximum absolute atomic E-state index is 14.6. The maximum atomic E-state index is 14.6. The molecular formula is C23H23F5N6OS. The van der Waals surface area contributed by atoms with Crippen molar-refractivity contribution in [2.24, 2.45) is 5.92 Å². The molecule has 0 aliphatic carbocycles. The van der Waals surface area contributed by atoms with Gasteiger partial charge in [-0.2, -0.15) is 13.2 Å². The Balaban J connectivity index is 1.62. The molecule has 0 aromatic carbocycles. The average molecular weight is 527 g/mol. The quantitative estimate of drug-likeness (QED) is 0.459. The average Bonchev–Trinajstić information content (AvgIpc) is 3.18. The summed E-state index contributed by atoms with van der Waals surface area (Å²) in [6, 6.07) is 2.88. The first-order valence-electron chi connectivity index (χ1n) is 11.1. The van der Waals surface area contributed by atoms with Crippen molar-refractivity contribution in [3.8, 4) is 10.6 Å². The van der Waals surface area contributed by atoms with E-state index in [0.29, 0.717) is 28.0 Å². The first-order chi connectivity index (χ1) is 16.9. The number of piperidine rings is 1. The molecule has 1 N–H and O–H groups in total. The van der Waals surface area contributed by atoms with Crippen LogP contribution in [0.1, 0.15) is 40.0 Å². The molecule has 3 aromatic heterocycles. The van der Waals surface area contributed by atoms with Gasteiger partial charge in [0, 0.05) is 31.6 Å². The summed E-state index contributed by atoms with van der Waals surface area (Å²) in [7, 11) is 0. The van der Waals surface area contributed by atoms with Gasteiger partial charge in [0.15, 0.2) is 0 Å². The number of likely N-dealkylation sites (tertiary alicyclic amines) is 1. The van der Waals surface area contributed by atoms with Gasteiger partial charge in [-0.15, -0.1) is 11.3 Å². The second kappa shape index (κ2) is 9.68. The standard InChI is InChI=1S/C23H23F5N6OS/c1-12-5-4-6-29-17(12)19-18(33-14(3)36-19)20(35)34-11-22(24,25)7-13(2)16(34)10-32-21-30-8-15(9-31-21)23(26,27)28/h4-6,8-9,13,16H,7,10-11H2,1-3H3,(H,30,31,32). The fourth-order valence-electron chi connectivity index (χ4n) is 4.23. The predicted molar refractivity (Wildman–Crippen MR) is 124 cm³/mol. The summed E-state index contributed by atoms with van der Waals surface area (Å²) in [5.41, 5.74) is 0.396. The number of hydrogen-bond acceptors (Lipinski definition) is 7. The number of carbonyl (C=O) groups excluding carboxylic acids is 1. The van der Waals surface area contributed by atoms with Crippen molar-refractivity contribution in [1.82, 2.24) is 24.8 Å². The summed E-state index contributed by atoms with van der Waals surface area (Å²) in [6.45, 7) is 4.31. The van der Waals surface area contributed by atoms with E-state index >= 15 is 0 Å². The molecule has 13 heteroatoms. The van der Waals surface area contributed by atoms with E-state index in [2.05, 4.69) is 25.3 Å². The highest BCUT2D eigenvalue weighted by Crippen LogP contribution is 2.38. The van der Waals surface area contributed by atoms with Crippen molar-refractivity contribution >= 4 is 23.2 Å². The number of thiazole rings is 1. The second-order valence-corrected chi connectivity index (χ2v) is 9.99. The van der Waals surface area contributed by atoms with Gasteiger partial charge in [-0.1, -0.05) is 13.0 Å². The molecule has 7 nitrogen and oxygen atoms in total. The van der Waals surface area contributed by atoms with Crippen LogP contribution in [-0.4, -0.2) is 55.8 Å². The minimum atomic E-state index is -4.58. The molecule has 4 rings (SSSR count). The lowest BCUT2D eigenvalue weighted by Gasteiger charge is -2.43.